The predicted molar refractivity (Wildman–Crippen MR) is 60.9 cm³/mol. The quantitative estimate of drug-likeness (QED) is 0.838. The van der Waals surface area contributed by atoms with Crippen LogP contribution in [-0.4, -0.2) is 21.8 Å². The van der Waals surface area contributed by atoms with Gasteiger partial charge in [0.15, 0.2) is 0 Å². The number of nitrogens with one attached hydrogen (secondary N) is 1. The fraction of sp³-hybridized carbons (Fsp3) is 0.455. The monoisotopic (exact) mass is 227 g/mol. The third-order valence-corrected chi connectivity index (χ3v) is 4.00. The Hall–Kier alpha value is -0.900. The van der Waals surface area contributed by atoms with Crippen LogP contribution in [0, 0.1) is 5.82 Å². The van der Waals surface area contributed by atoms with Crippen LogP contribution in [0.3, 0.4) is 0 Å². The van der Waals surface area contributed by atoms with Gasteiger partial charge in [-0.2, -0.15) is 0 Å². The van der Waals surface area contributed by atoms with E-state index in [2.05, 4.69) is 5.32 Å². The molecule has 1 fully saturated rings. The fourth-order valence-corrected chi connectivity index (χ4v) is 3.04. The average Bonchev–Trinajstić information content (AvgIpc) is 2.25. The van der Waals surface area contributed by atoms with E-state index >= 15 is 0 Å². The van der Waals surface area contributed by atoms with Crippen molar-refractivity contribution in [1.82, 2.24) is 0 Å². The van der Waals surface area contributed by atoms with Gasteiger partial charge in [0.1, 0.15) is 5.82 Å². The van der Waals surface area contributed by atoms with Crippen molar-refractivity contribution in [2.24, 2.45) is 0 Å². The number of hydrogen-bond acceptors (Lipinski definition) is 2. The van der Waals surface area contributed by atoms with E-state index in [1.807, 2.05) is 6.07 Å². The topological polar surface area (TPSA) is 29.1 Å². The molecule has 0 unspecified atom stereocenters. The SMILES string of the molecule is O=S1CCC(Nc2ccccc2F)CC1. The lowest BCUT2D eigenvalue weighted by molar-refractivity contribution is 0.604. The van der Waals surface area contributed by atoms with E-state index in [1.54, 1.807) is 12.1 Å². The largest absolute Gasteiger partial charge is 0.380 e. The van der Waals surface area contributed by atoms with E-state index in [4.69, 9.17) is 0 Å². The van der Waals surface area contributed by atoms with E-state index in [-0.39, 0.29) is 11.9 Å². The molecule has 0 radical (unpaired) electrons. The molecule has 15 heavy (non-hydrogen) atoms. The Labute approximate surface area is 91.3 Å². The highest BCUT2D eigenvalue weighted by atomic mass is 32.2. The number of para-hydroxylation sites is 1. The maximum atomic E-state index is 13.3. The molecule has 0 saturated carbocycles. The second kappa shape index (κ2) is 4.75. The molecule has 4 heteroatoms. The van der Waals surface area contributed by atoms with Gasteiger partial charge < -0.3 is 5.32 Å². The van der Waals surface area contributed by atoms with E-state index in [9.17, 15) is 8.60 Å². The zero-order chi connectivity index (χ0) is 10.7. The van der Waals surface area contributed by atoms with Crippen molar-refractivity contribution < 1.29 is 8.60 Å². The number of rotatable bonds is 2. The summed E-state index contributed by atoms with van der Waals surface area (Å²) in [6.45, 7) is 0. The van der Waals surface area contributed by atoms with Gasteiger partial charge in [0.25, 0.3) is 0 Å². The highest BCUT2D eigenvalue weighted by Gasteiger charge is 2.18. The van der Waals surface area contributed by atoms with E-state index in [1.165, 1.54) is 6.07 Å². The van der Waals surface area contributed by atoms with Gasteiger partial charge in [0.05, 0.1) is 5.69 Å². The molecule has 1 saturated heterocycles. The van der Waals surface area contributed by atoms with E-state index < -0.39 is 10.8 Å². The summed E-state index contributed by atoms with van der Waals surface area (Å²) in [6, 6.07) is 6.94. The van der Waals surface area contributed by atoms with Crippen LogP contribution in [0.2, 0.25) is 0 Å². The summed E-state index contributed by atoms with van der Waals surface area (Å²) in [5.74, 6) is 1.24. The fourth-order valence-electron chi connectivity index (χ4n) is 1.74. The molecule has 82 valence electrons. The lowest BCUT2D eigenvalue weighted by atomic mass is 10.1. The third kappa shape index (κ3) is 2.78. The molecule has 1 aliphatic heterocycles. The summed E-state index contributed by atoms with van der Waals surface area (Å²) < 4.78 is 24.4. The summed E-state index contributed by atoms with van der Waals surface area (Å²) in [6.07, 6.45) is 1.72. The van der Waals surface area contributed by atoms with Crippen LogP contribution in [-0.2, 0) is 10.8 Å². The van der Waals surface area contributed by atoms with E-state index in [0.29, 0.717) is 5.69 Å². The number of hydrogen-bond donors (Lipinski definition) is 1. The van der Waals surface area contributed by atoms with Crippen molar-refractivity contribution in [2.45, 2.75) is 18.9 Å². The van der Waals surface area contributed by atoms with E-state index in [0.717, 1.165) is 24.3 Å². The van der Waals surface area contributed by atoms with Crippen molar-refractivity contribution in [3.63, 3.8) is 0 Å². The van der Waals surface area contributed by atoms with Gasteiger partial charge in [0.2, 0.25) is 0 Å². The summed E-state index contributed by atoms with van der Waals surface area (Å²) in [7, 11) is -0.658. The second-order valence-corrected chi connectivity index (χ2v) is 5.44. The number of halogens is 1. The van der Waals surface area contributed by atoms with Crippen molar-refractivity contribution in [1.29, 1.82) is 0 Å². The maximum absolute atomic E-state index is 13.3. The van der Waals surface area contributed by atoms with Crippen LogP contribution in [0.4, 0.5) is 10.1 Å². The maximum Gasteiger partial charge on any atom is 0.146 e. The van der Waals surface area contributed by atoms with Crippen LogP contribution in [0.15, 0.2) is 24.3 Å². The molecule has 2 rings (SSSR count). The standard InChI is InChI=1S/C11H14FNOS/c12-10-3-1-2-4-11(10)13-9-5-7-15(14)8-6-9/h1-4,9,13H,5-8H2. The van der Waals surface area contributed by atoms with Gasteiger partial charge >= 0.3 is 0 Å². The molecule has 0 aromatic heterocycles. The molecule has 1 aromatic rings. The highest BCUT2D eigenvalue weighted by molar-refractivity contribution is 7.85. The van der Waals surface area contributed by atoms with Crippen LogP contribution in [0.25, 0.3) is 0 Å². The van der Waals surface area contributed by atoms with Gasteiger partial charge in [-0.25, -0.2) is 4.39 Å². The van der Waals surface area contributed by atoms with Crippen LogP contribution in [0.5, 0.6) is 0 Å². The van der Waals surface area contributed by atoms with Gasteiger partial charge in [-0.1, -0.05) is 12.1 Å². The highest BCUT2D eigenvalue weighted by Crippen LogP contribution is 2.18. The van der Waals surface area contributed by atoms with Crippen molar-refractivity contribution in [3.8, 4) is 0 Å². The molecule has 0 aliphatic carbocycles. The molecule has 1 aromatic carbocycles. The Bertz CT molecular complexity index is 359. The predicted octanol–water partition coefficient (Wildman–Crippen LogP) is 2.15. The number of benzene rings is 1. The minimum absolute atomic E-state index is 0.218. The minimum atomic E-state index is -0.658. The van der Waals surface area contributed by atoms with Crippen molar-refractivity contribution in [2.75, 3.05) is 16.8 Å². The normalized spacial score (nSPS) is 26.2. The molecule has 0 atom stereocenters. The molecule has 0 amide bonds. The lowest BCUT2D eigenvalue weighted by Crippen LogP contribution is -2.29. The zero-order valence-corrected chi connectivity index (χ0v) is 9.23. The molecule has 1 N–H and O–H groups in total. The summed E-state index contributed by atoms with van der Waals surface area (Å²) >= 11 is 0. The first-order valence-corrected chi connectivity index (χ1v) is 6.60. The lowest BCUT2D eigenvalue weighted by Gasteiger charge is -2.23. The first kappa shape index (κ1) is 10.6. The Kier molecular flexibility index (Phi) is 3.36. The molecular weight excluding hydrogens is 213 g/mol. The Morgan fingerprint density at radius 3 is 2.60 bits per heavy atom. The summed E-state index contributed by atoms with van der Waals surface area (Å²) in [4.78, 5) is 0. The molecule has 1 aliphatic rings. The molecule has 0 spiro atoms. The van der Waals surface area contributed by atoms with Crippen molar-refractivity contribution >= 4 is 16.5 Å². The molecule has 2 nitrogen and oxygen atoms in total. The molecular formula is C11H14FNOS. The van der Waals surface area contributed by atoms with Gasteiger partial charge in [-0.3, -0.25) is 4.21 Å². The Morgan fingerprint density at radius 1 is 1.27 bits per heavy atom. The average molecular weight is 227 g/mol. The summed E-state index contributed by atoms with van der Waals surface area (Å²) in [5.41, 5.74) is 0.551. The first-order valence-electron chi connectivity index (χ1n) is 5.12. The van der Waals surface area contributed by atoms with Gasteiger partial charge in [-0.15, -0.1) is 0 Å². The Morgan fingerprint density at radius 2 is 1.93 bits per heavy atom. The number of anilines is 1. The first-order chi connectivity index (χ1) is 7.25. The third-order valence-electron chi connectivity index (χ3n) is 2.62. The second-order valence-electron chi connectivity index (χ2n) is 3.75. The van der Waals surface area contributed by atoms with Crippen LogP contribution in [0.1, 0.15) is 12.8 Å². The van der Waals surface area contributed by atoms with Gasteiger partial charge in [0, 0.05) is 28.3 Å². The van der Waals surface area contributed by atoms with Gasteiger partial charge in [-0.05, 0) is 25.0 Å². The van der Waals surface area contributed by atoms with Crippen molar-refractivity contribution in [3.05, 3.63) is 30.1 Å². The minimum Gasteiger partial charge on any atom is -0.380 e. The molecule has 1 heterocycles. The molecule has 0 bridgehead atoms. The Balaban J connectivity index is 1.97. The summed E-state index contributed by atoms with van der Waals surface area (Å²) in [5, 5.41) is 3.16. The zero-order valence-electron chi connectivity index (χ0n) is 8.41. The smallest absolute Gasteiger partial charge is 0.146 e. The van der Waals surface area contributed by atoms with Crippen LogP contribution < -0.4 is 5.32 Å². The van der Waals surface area contributed by atoms with Crippen LogP contribution >= 0.6 is 0 Å².